The van der Waals surface area contributed by atoms with Crippen LogP contribution in [0, 0.1) is 0 Å². The molecular weight excluding hydrogens is 360 g/mol. The molecule has 0 radical (unpaired) electrons. The predicted molar refractivity (Wildman–Crippen MR) is 101 cm³/mol. The van der Waals surface area contributed by atoms with Gasteiger partial charge in [-0.25, -0.2) is 4.79 Å². The van der Waals surface area contributed by atoms with Gasteiger partial charge in [0, 0.05) is 45.1 Å². The van der Waals surface area contributed by atoms with Gasteiger partial charge in [0.25, 0.3) is 6.01 Å². The molecule has 2 aliphatic rings. The Kier molecular flexibility index (Phi) is 4.34. The van der Waals surface area contributed by atoms with Gasteiger partial charge < -0.3 is 24.1 Å². The second kappa shape index (κ2) is 7.14. The zero-order valence-electron chi connectivity index (χ0n) is 15.5. The molecule has 5 rings (SSSR count). The molecule has 9 heteroatoms. The molecule has 0 atom stereocenters. The fourth-order valence-corrected chi connectivity index (χ4v) is 3.35. The summed E-state index contributed by atoms with van der Waals surface area (Å²) in [6, 6.07) is 8.27. The average molecular weight is 382 g/mol. The topological polar surface area (TPSA) is 101 Å². The van der Waals surface area contributed by atoms with Crippen molar-refractivity contribution >= 4 is 23.1 Å². The zero-order valence-corrected chi connectivity index (χ0v) is 15.5. The number of anilines is 1. The van der Waals surface area contributed by atoms with Gasteiger partial charge in [-0.1, -0.05) is 17.3 Å². The van der Waals surface area contributed by atoms with Crippen molar-refractivity contribution in [1.29, 1.82) is 0 Å². The maximum absolute atomic E-state index is 12.4. The second-order valence-electron chi connectivity index (χ2n) is 7.24. The minimum Gasteiger partial charge on any atom is -0.423 e. The molecular formula is C19H22N6O3. The summed E-state index contributed by atoms with van der Waals surface area (Å²) in [6.07, 6.45) is 2.84. The molecule has 3 heterocycles. The highest BCUT2D eigenvalue weighted by atomic mass is 16.5. The van der Waals surface area contributed by atoms with Crippen LogP contribution in [0.25, 0.3) is 11.1 Å². The van der Waals surface area contributed by atoms with Crippen LogP contribution < -0.4 is 10.2 Å². The van der Waals surface area contributed by atoms with E-state index in [1.54, 1.807) is 0 Å². The summed E-state index contributed by atoms with van der Waals surface area (Å²) in [5.74, 6) is 1.84. The fraction of sp³-hybridized carbons (Fsp3) is 0.474. The molecule has 0 spiro atoms. The van der Waals surface area contributed by atoms with Gasteiger partial charge in [0.2, 0.25) is 5.89 Å². The Bertz CT molecular complexity index is 938. The molecule has 28 heavy (non-hydrogen) atoms. The van der Waals surface area contributed by atoms with Crippen molar-refractivity contribution in [3.63, 3.8) is 0 Å². The third kappa shape index (κ3) is 3.51. The average Bonchev–Trinajstić information content (AvgIpc) is 3.31. The Hall–Kier alpha value is -3.10. The lowest BCUT2D eigenvalue weighted by Gasteiger charge is -2.33. The van der Waals surface area contributed by atoms with Crippen LogP contribution in [-0.2, 0) is 6.42 Å². The Labute approximate surface area is 161 Å². The number of oxazole rings is 1. The van der Waals surface area contributed by atoms with Crippen molar-refractivity contribution in [1.82, 2.24) is 25.3 Å². The Morgan fingerprint density at radius 2 is 1.96 bits per heavy atom. The Morgan fingerprint density at radius 1 is 1.14 bits per heavy atom. The first-order valence-electron chi connectivity index (χ1n) is 9.72. The molecule has 1 aromatic carbocycles. The van der Waals surface area contributed by atoms with E-state index in [0.717, 1.165) is 29.8 Å². The van der Waals surface area contributed by atoms with Gasteiger partial charge in [0.1, 0.15) is 5.52 Å². The molecule has 2 aromatic heterocycles. The van der Waals surface area contributed by atoms with Gasteiger partial charge in [-0.2, -0.15) is 9.97 Å². The molecule has 3 aromatic rings. The highest BCUT2D eigenvalue weighted by Crippen LogP contribution is 2.38. The normalized spacial score (nSPS) is 17.3. The molecule has 2 fully saturated rings. The van der Waals surface area contributed by atoms with Crippen LogP contribution >= 0.6 is 0 Å². The van der Waals surface area contributed by atoms with Crippen molar-refractivity contribution in [3.8, 4) is 0 Å². The third-order valence-electron chi connectivity index (χ3n) is 5.16. The number of fused-ring (bicyclic) bond motifs is 1. The maximum Gasteiger partial charge on any atom is 0.317 e. The summed E-state index contributed by atoms with van der Waals surface area (Å²) in [6.45, 7) is 3.12. The lowest BCUT2D eigenvalue weighted by molar-refractivity contribution is 0.193. The van der Waals surface area contributed by atoms with E-state index in [1.165, 1.54) is 0 Å². The van der Waals surface area contributed by atoms with Crippen LogP contribution in [0.4, 0.5) is 10.8 Å². The summed E-state index contributed by atoms with van der Waals surface area (Å²) in [7, 11) is 0. The van der Waals surface area contributed by atoms with E-state index in [2.05, 4.69) is 25.3 Å². The monoisotopic (exact) mass is 382 g/mol. The molecule has 1 aliphatic heterocycles. The predicted octanol–water partition coefficient (Wildman–Crippen LogP) is 2.16. The molecule has 0 bridgehead atoms. The Morgan fingerprint density at radius 3 is 2.75 bits per heavy atom. The first-order chi connectivity index (χ1) is 13.8. The lowest BCUT2D eigenvalue weighted by Crippen LogP contribution is -2.52. The number of hydrogen-bond donors (Lipinski definition) is 1. The Balaban J connectivity index is 1.09. The van der Waals surface area contributed by atoms with E-state index < -0.39 is 0 Å². The number of para-hydroxylation sites is 2. The quantitative estimate of drug-likeness (QED) is 0.722. The summed E-state index contributed by atoms with van der Waals surface area (Å²) in [4.78, 5) is 25.2. The number of hydrogen-bond acceptors (Lipinski definition) is 7. The van der Waals surface area contributed by atoms with Crippen LogP contribution in [-0.4, -0.2) is 58.8 Å². The summed E-state index contributed by atoms with van der Waals surface area (Å²) >= 11 is 0. The van der Waals surface area contributed by atoms with E-state index in [9.17, 15) is 4.79 Å². The van der Waals surface area contributed by atoms with E-state index in [-0.39, 0.29) is 6.03 Å². The number of carbonyl (C=O) groups excluding carboxylic acids is 1. The third-order valence-corrected chi connectivity index (χ3v) is 5.16. The van der Waals surface area contributed by atoms with E-state index in [1.807, 2.05) is 29.2 Å². The SMILES string of the molecule is O=C(NCCc1noc(C2CC2)n1)N1CCN(c2nc3ccccc3o2)CC1. The van der Waals surface area contributed by atoms with Crippen LogP contribution in [0.2, 0.25) is 0 Å². The van der Waals surface area contributed by atoms with Crippen molar-refractivity contribution < 1.29 is 13.7 Å². The molecule has 1 saturated carbocycles. The van der Waals surface area contributed by atoms with E-state index >= 15 is 0 Å². The summed E-state index contributed by atoms with van der Waals surface area (Å²) in [5, 5.41) is 6.91. The summed E-state index contributed by atoms with van der Waals surface area (Å²) < 4.78 is 11.0. The number of urea groups is 1. The fourth-order valence-electron chi connectivity index (χ4n) is 3.35. The van der Waals surface area contributed by atoms with Gasteiger partial charge in [-0.3, -0.25) is 0 Å². The first-order valence-corrected chi connectivity index (χ1v) is 9.72. The minimum absolute atomic E-state index is 0.0665. The maximum atomic E-state index is 12.4. The van der Waals surface area contributed by atoms with Crippen LogP contribution in [0.5, 0.6) is 0 Å². The molecule has 1 N–H and O–H groups in total. The van der Waals surface area contributed by atoms with E-state index in [4.69, 9.17) is 8.94 Å². The molecule has 1 aliphatic carbocycles. The van der Waals surface area contributed by atoms with Crippen LogP contribution in [0.3, 0.4) is 0 Å². The smallest absolute Gasteiger partial charge is 0.317 e. The van der Waals surface area contributed by atoms with E-state index in [0.29, 0.717) is 56.9 Å². The second-order valence-corrected chi connectivity index (χ2v) is 7.24. The molecule has 146 valence electrons. The number of aromatic nitrogens is 3. The molecule has 9 nitrogen and oxygen atoms in total. The number of nitrogens with zero attached hydrogens (tertiary/aromatic N) is 5. The molecule has 2 amide bonds. The lowest BCUT2D eigenvalue weighted by atomic mass is 10.3. The number of benzene rings is 1. The standard InChI is InChI=1S/C19H22N6O3/c26-18(20-8-7-16-22-17(28-23-16)13-5-6-13)24-9-11-25(12-10-24)19-21-14-3-1-2-4-15(14)27-19/h1-4,13H,5-12H2,(H,20,26). The first kappa shape index (κ1) is 17.0. The van der Waals surface area contributed by atoms with Crippen molar-refractivity contribution in [2.75, 3.05) is 37.6 Å². The van der Waals surface area contributed by atoms with Gasteiger partial charge in [0.05, 0.1) is 0 Å². The molecule has 0 unspecified atom stereocenters. The number of piperazine rings is 1. The largest absolute Gasteiger partial charge is 0.423 e. The number of amides is 2. The number of carbonyl (C=O) groups is 1. The van der Waals surface area contributed by atoms with Crippen LogP contribution in [0.15, 0.2) is 33.2 Å². The highest BCUT2D eigenvalue weighted by molar-refractivity contribution is 5.75. The number of rotatable bonds is 5. The summed E-state index contributed by atoms with van der Waals surface area (Å²) in [5.41, 5.74) is 1.63. The van der Waals surface area contributed by atoms with Crippen molar-refractivity contribution in [2.24, 2.45) is 0 Å². The zero-order chi connectivity index (χ0) is 18.9. The van der Waals surface area contributed by atoms with Crippen LogP contribution in [0.1, 0.15) is 30.5 Å². The highest BCUT2D eigenvalue weighted by Gasteiger charge is 2.29. The van der Waals surface area contributed by atoms with Crippen molar-refractivity contribution in [3.05, 3.63) is 36.0 Å². The van der Waals surface area contributed by atoms with Gasteiger partial charge in [-0.15, -0.1) is 0 Å². The van der Waals surface area contributed by atoms with Crippen molar-refractivity contribution in [2.45, 2.75) is 25.2 Å². The molecule has 1 saturated heterocycles. The number of nitrogens with one attached hydrogen (secondary N) is 1. The van der Waals surface area contributed by atoms with Gasteiger partial charge in [0.15, 0.2) is 11.4 Å². The van der Waals surface area contributed by atoms with Gasteiger partial charge in [-0.05, 0) is 25.0 Å². The minimum atomic E-state index is -0.0665. The van der Waals surface area contributed by atoms with Gasteiger partial charge >= 0.3 is 6.03 Å².